The van der Waals surface area contributed by atoms with Crippen LogP contribution in [0.1, 0.15) is 24.2 Å². The molecular formula is C16H26N4O3S. The van der Waals surface area contributed by atoms with Gasteiger partial charge in [-0.25, -0.2) is 13.4 Å². The van der Waals surface area contributed by atoms with Crippen molar-refractivity contribution in [3.05, 3.63) is 23.9 Å². The molecule has 0 radical (unpaired) electrons. The first-order valence-corrected chi connectivity index (χ1v) is 9.84. The molecular weight excluding hydrogens is 328 g/mol. The molecule has 0 aromatic carbocycles. The normalized spacial score (nSPS) is 21.9. The third-order valence-corrected chi connectivity index (χ3v) is 5.66. The second kappa shape index (κ2) is 7.06. The highest BCUT2D eigenvalue weighted by molar-refractivity contribution is 7.88. The van der Waals surface area contributed by atoms with E-state index in [4.69, 9.17) is 0 Å². The summed E-state index contributed by atoms with van der Waals surface area (Å²) in [5.74, 6) is 0.835. The summed E-state index contributed by atoms with van der Waals surface area (Å²) in [7, 11) is 0.147. The number of hydrogen-bond donors (Lipinski definition) is 1. The van der Waals surface area contributed by atoms with Crippen molar-refractivity contribution in [3.63, 3.8) is 0 Å². The molecule has 2 heterocycles. The summed E-state index contributed by atoms with van der Waals surface area (Å²) >= 11 is 0. The number of rotatable bonds is 5. The van der Waals surface area contributed by atoms with E-state index < -0.39 is 10.0 Å². The molecule has 2 atom stereocenters. The fraction of sp³-hybridized carbons (Fsp3) is 0.625. The number of amides is 1. The largest absolute Gasteiger partial charge is 0.365 e. The van der Waals surface area contributed by atoms with Gasteiger partial charge in [0.25, 0.3) is 5.91 Å². The Balaban J connectivity index is 2.28. The van der Waals surface area contributed by atoms with E-state index >= 15 is 0 Å². The first kappa shape index (κ1) is 18.7. The van der Waals surface area contributed by atoms with Gasteiger partial charge >= 0.3 is 0 Å². The number of aromatic nitrogens is 1. The molecule has 134 valence electrons. The second-order valence-electron chi connectivity index (χ2n) is 6.84. The SMILES string of the molecule is CC(C)[C@H]1CN(S(C)(=O)=O)C[C@@H]1Nc1ncccc1C(=O)N(C)C. The molecule has 1 fully saturated rings. The minimum Gasteiger partial charge on any atom is -0.365 e. The maximum atomic E-state index is 12.3. The highest BCUT2D eigenvalue weighted by Crippen LogP contribution is 2.29. The highest BCUT2D eigenvalue weighted by Gasteiger charge is 2.39. The third-order valence-electron chi connectivity index (χ3n) is 4.42. The van der Waals surface area contributed by atoms with Crippen LogP contribution in [-0.2, 0) is 10.0 Å². The van der Waals surface area contributed by atoms with Crippen molar-refractivity contribution in [1.82, 2.24) is 14.2 Å². The average Bonchev–Trinajstić information content (AvgIpc) is 2.91. The minimum atomic E-state index is -3.24. The summed E-state index contributed by atoms with van der Waals surface area (Å²) in [6.07, 6.45) is 2.86. The lowest BCUT2D eigenvalue weighted by Gasteiger charge is -2.24. The van der Waals surface area contributed by atoms with Crippen molar-refractivity contribution in [2.45, 2.75) is 19.9 Å². The molecule has 1 saturated heterocycles. The number of nitrogens with one attached hydrogen (secondary N) is 1. The Labute approximate surface area is 144 Å². The van der Waals surface area contributed by atoms with E-state index in [1.54, 1.807) is 32.4 Å². The van der Waals surface area contributed by atoms with Crippen LogP contribution in [0.5, 0.6) is 0 Å². The lowest BCUT2D eigenvalue weighted by Crippen LogP contribution is -2.34. The lowest BCUT2D eigenvalue weighted by molar-refractivity contribution is 0.0828. The Morgan fingerprint density at radius 1 is 1.38 bits per heavy atom. The van der Waals surface area contributed by atoms with Gasteiger partial charge < -0.3 is 10.2 Å². The van der Waals surface area contributed by atoms with Crippen LogP contribution in [0.4, 0.5) is 5.82 Å². The van der Waals surface area contributed by atoms with Gasteiger partial charge in [0.1, 0.15) is 5.82 Å². The molecule has 0 saturated carbocycles. The van der Waals surface area contributed by atoms with Crippen molar-refractivity contribution >= 4 is 21.7 Å². The average molecular weight is 354 g/mol. The number of pyridine rings is 1. The van der Waals surface area contributed by atoms with Crippen LogP contribution < -0.4 is 5.32 Å². The van der Waals surface area contributed by atoms with E-state index in [0.717, 1.165) is 0 Å². The van der Waals surface area contributed by atoms with E-state index in [9.17, 15) is 13.2 Å². The van der Waals surface area contributed by atoms with Crippen molar-refractivity contribution in [1.29, 1.82) is 0 Å². The van der Waals surface area contributed by atoms with Gasteiger partial charge in [0.2, 0.25) is 10.0 Å². The molecule has 2 rings (SSSR count). The van der Waals surface area contributed by atoms with Crippen LogP contribution in [0.25, 0.3) is 0 Å². The number of carbonyl (C=O) groups excluding carboxylic acids is 1. The van der Waals surface area contributed by atoms with Gasteiger partial charge in [-0.3, -0.25) is 4.79 Å². The Morgan fingerprint density at radius 3 is 2.58 bits per heavy atom. The van der Waals surface area contributed by atoms with Crippen LogP contribution >= 0.6 is 0 Å². The summed E-state index contributed by atoms with van der Waals surface area (Å²) in [5, 5.41) is 3.31. The van der Waals surface area contributed by atoms with E-state index in [0.29, 0.717) is 30.4 Å². The molecule has 1 aromatic rings. The van der Waals surface area contributed by atoms with E-state index in [2.05, 4.69) is 24.1 Å². The van der Waals surface area contributed by atoms with Crippen molar-refractivity contribution in [2.24, 2.45) is 11.8 Å². The maximum Gasteiger partial charge on any atom is 0.257 e. The number of anilines is 1. The Kier molecular flexibility index (Phi) is 5.49. The highest BCUT2D eigenvalue weighted by atomic mass is 32.2. The molecule has 8 heteroatoms. The summed E-state index contributed by atoms with van der Waals surface area (Å²) in [6, 6.07) is 3.37. The molecule has 1 aromatic heterocycles. The van der Waals surface area contributed by atoms with Crippen molar-refractivity contribution in [2.75, 3.05) is 38.8 Å². The number of nitrogens with zero attached hydrogens (tertiary/aromatic N) is 3. The summed E-state index contributed by atoms with van der Waals surface area (Å²) < 4.78 is 25.3. The van der Waals surface area contributed by atoms with Crippen LogP contribution in [0.2, 0.25) is 0 Å². The van der Waals surface area contributed by atoms with Gasteiger partial charge in [-0.1, -0.05) is 13.8 Å². The minimum absolute atomic E-state index is 0.0802. The molecule has 1 aliphatic rings. The predicted octanol–water partition coefficient (Wildman–Crippen LogP) is 1.11. The maximum absolute atomic E-state index is 12.3. The summed E-state index contributed by atoms with van der Waals surface area (Å²) in [4.78, 5) is 18.1. The Hall–Kier alpha value is -1.67. The lowest BCUT2D eigenvalue weighted by atomic mass is 9.91. The van der Waals surface area contributed by atoms with Gasteiger partial charge in [-0.2, -0.15) is 4.31 Å². The molecule has 1 aliphatic heterocycles. The summed E-state index contributed by atoms with van der Waals surface area (Å²) in [6.45, 7) is 5.02. The van der Waals surface area contributed by atoms with Crippen molar-refractivity contribution in [3.8, 4) is 0 Å². The molecule has 24 heavy (non-hydrogen) atoms. The zero-order valence-electron chi connectivity index (χ0n) is 14.9. The fourth-order valence-electron chi connectivity index (χ4n) is 3.00. The topological polar surface area (TPSA) is 82.6 Å². The smallest absolute Gasteiger partial charge is 0.257 e. The van der Waals surface area contributed by atoms with Crippen molar-refractivity contribution < 1.29 is 13.2 Å². The van der Waals surface area contributed by atoms with Gasteiger partial charge in [0.15, 0.2) is 0 Å². The van der Waals surface area contributed by atoms with Gasteiger partial charge in [-0.05, 0) is 24.0 Å². The van der Waals surface area contributed by atoms with Gasteiger partial charge in [0, 0.05) is 39.4 Å². The molecule has 0 spiro atoms. The van der Waals surface area contributed by atoms with Gasteiger partial charge in [0.05, 0.1) is 11.8 Å². The molecule has 0 unspecified atom stereocenters. The first-order valence-electron chi connectivity index (χ1n) is 7.99. The summed E-state index contributed by atoms with van der Waals surface area (Å²) in [5.41, 5.74) is 0.489. The molecule has 0 bridgehead atoms. The molecule has 7 nitrogen and oxygen atoms in total. The Morgan fingerprint density at radius 2 is 2.04 bits per heavy atom. The second-order valence-corrected chi connectivity index (χ2v) is 8.82. The van der Waals surface area contributed by atoms with E-state index in [1.807, 2.05) is 0 Å². The predicted molar refractivity (Wildman–Crippen MR) is 94.4 cm³/mol. The number of sulfonamides is 1. The van der Waals surface area contributed by atoms with E-state index in [-0.39, 0.29) is 17.9 Å². The monoisotopic (exact) mass is 354 g/mol. The number of hydrogen-bond acceptors (Lipinski definition) is 5. The zero-order chi connectivity index (χ0) is 18.1. The zero-order valence-corrected chi connectivity index (χ0v) is 15.7. The van der Waals surface area contributed by atoms with Crippen LogP contribution in [-0.4, -0.2) is 68.0 Å². The molecule has 1 N–H and O–H groups in total. The van der Waals surface area contributed by atoms with Gasteiger partial charge in [-0.15, -0.1) is 0 Å². The Bertz CT molecular complexity index is 703. The first-order chi connectivity index (χ1) is 11.1. The fourth-order valence-corrected chi connectivity index (χ4v) is 3.87. The molecule has 0 aliphatic carbocycles. The van der Waals surface area contributed by atoms with Crippen LogP contribution in [0, 0.1) is 11.8 Å². The van der Waals surface area contributed by atoms with E-state index in [1.165, 1.54) is 15.5 Å². The quantitative estimate of drug-likeness (QED) is 0.856. The standard InChI is InChI=1S/C16H26N4O3S/c1-11(2)13-9-20(24(5,22)23)10-14(13)18-15-12(7-6-8-17-15)16(21)19(3)4/h6-8,11,13-14H,9-10H2,1-5H3,(H,17,18)/t13-,14+/m1/s1. The molecule has 1 amide bonds. The van der Waals surface area contributed by atoms with Crippen LogP contribution in [0.15, 0.2) is 18.3 Å². The number of carbonyl (C=O) groups is 1. The van der Waals surface area contributed by atoms with Crippen LogP contribution in [0.3, 0.4) is 0 Å². The third kappa shape index (κ3) is 4.05.